The average molecular weight is 311 g/mol. The first-order chi connectivity index (χ1) is 9.79. The van der Waals surface area contributed by atoms with Gasteiger partial charge in [-0.2, -0.15) is 5.10 Å². The van der Waals surface area contributed by atoms with Crippen LogP contribution in [-0.4, -0.2) is 24.7 Å². The minimum absolute atomic E-state index is 0.139. The van der Waals surface area contributed by atoms with Crippen LogP contribution in [0.2, 0.25) is 0 Å². The highest BCUT2D eigenvalue weighted by Crippen LogP contribution is 2.21. The van der Waals surface area contributed by atoms with Crippen LogP contribution in [0.15, 0.2) is 29.4 Å². The van der Waals surface area contributed by atoms with Crippen LogP contribution in [0.25, 0.3) is 0 Å². The van der Waals surface area contributed by atoms with Crippen molar-refractivity contribution in [3.8, 4) is 0 Å². The Hall–Kier alpha value is -1.73. The zero-order valence-corrected chi connectivity index (χ0v) is 13.0. The standard InChI is InChI=1S/C14H18FN3O2S/c1-10-8-16-18(9-10)5-4-17-21(19,20)14-11(2)6-13(15)7-12(14)3/h6-9,17H,4-5H2,1-3H3. The molecule has 7 heteroatoms. The van der Waals surface area contributed by atoms with Crippen molar-refractivity contribution in [3.05, 3.63) is 47.0 Å². The number of benzene rings is 1. The predicted molar refractivity (Wildman–Crippen MR) is 78.0 cm³/mol. The first kappa shape index (κ1) is 15.7. The Morgan fingerprint density at radius 1 is 1.24 bits per heavy atom. The predicted octanol–water partition coefficient (Wildman–Crippen LogP) is 1.93. The highest BCUT2D eigenvalue weighted by Gasteiger charge is 2.19. The topological polar surface area (TPSA) is 64.0 Å². The van der Waals surface area contributed by atoms with Crippen molar-refractivity contribution in [2.75, 3.05) is 6.54 Å². The number of sulfonamides is 1. The molecule has 1 N–H and O–H groups in total. The molecule has 114 valence electrons. The molecule has 0 spiro atoms. The van der Waals surface area contributed by atoms with Crippen LogP contribution in [0.4, 0.5) is 4.39 Å². The van der Waals surface area contributed by atoms with Gasteiger partial charge in [0.2, 0.25) is 10.0 Å². The van der Waals surface area contributed by atoms with E-state index in [4.69, 9.17) is 0 Å². The van der Waals surface area contributed by atoms with E-state index in [1.54, 1.807) is 24.7 Å². The fourth-order valence-corrected chi connectivity index (χ4v) is 3.75. The van der Waals surface area contributed by atoms with Crippen LogP contribution >= 0.6 is 0 Å². The SMILES string of the molecule is Cc1cnn(CCNS(=O)(=O)c2c(C)cc(F)cc2C)c1. The smallest absolute Gasteiger partial charge is 0.241 e. The number of hydrogen-bond donors (Lipinski definition) is 1. The fourth-order valence-electron chi connectivity index (χ4n) is 2.28. The summed E-state index contributed by atoms with van der Waals surface area (Å²) in [6, 6.07) is 2.44. The van der Waals surface area contributed by atoms with Crippen molar-refractivity contribution < 1.29 is 12.8 Å². The van der Waals surface area contributed by atoms with Crippen molar-refractivity contribution in [1.82, 2.24) is 14.5 Å². The van der Waals surface area contributed by atoms with Crippen LogP contribution in [0, 0.1) is 26.6 Å². The molecular weight excluding hydrogens is 293 g/mol. The largest absolute Gasteiger partial charge is 0.271 e. The lowest BCUT2D eigenvalue weighted by molar-refractivity contribution is 0.559. The molecule has 0 bridgehead atoms. The summed E-state index contributed by atoms with van der Waals surface area (Å²) in [6.07, 6.45) is 3.55. The van der Waals surface area contributed by atoms with E-state index < -0.39 is 15.8 Å². The van der Waals surface area contributed by atoms with E-state index in [1.807, 2.05) is 13.1 Å². The lowest BCUT2D eigenvalue weighted by Crippen LogP contribution is -2.28. The lowest BCUT2D eigenvalue weighted by atomic mass is 10.1. The average Bonchev–Trinajstić information content (AvgIpc) is 2.72. The molecule has 0 unspecified atom stereocenters. The number of aromatic nitrogens is 2. The number of hydrogen-bond acceptors (Lipinski definition) is 3. The fraction of sp³-hybridized carbons (Fsp3) is 0.357. The Balaban J connectivity index is 2.12. The molecule has 1 aromatic carbocycles. The molecule has 0 atom stereocenters. The van der Waals surface area contributed by atoms with Crippen LogP contribution in [0.5, 0.6) is 0 Å². The number of nitrogens with one attached hydrogen (secondary N) is 1. The molecule has 0 aliphatic carbocycles. The Morgan fingerprint density at radius 2 is 1.86 bits per heavy atom. The molecule has 0 amide bonds. The van der Waals surface area contributed by atoms with Crippen LogP contribution in [0.1, 0.15) is 16.7 Å². The van der Waals surface area contributed by atoms with Crippen molar-refractivity contribution in [1.29, 1.82) is 0 Å². The minimum atomic E-state index is -3.66. The molecule has 21 heavy (non-hydrogen) atoms. The highest BCUT2D eigenvalue weighted by molar-refractivity contribution is 7.89. The van der Waals surface area contributed by atoms with Gasteiger partial charge in [0.1, 0.15) is 5.82 Å². The summed E-state index contributed by atoms with van der Waals surface area (Å²) in [4.78, 5) is 0.139. The first-order valence-corrected chi connectivity index (χ1v) is 8.03. The normalized spacial score (nSPS) is 11.8. The van der Waals surface area contributed by atoms with E-state index in [9.17, 15) is 12.8 Å². The van der Waals surface area contributed by atoms with Crippen LogP contribution in [-0.2, 0) is 16.6 Å². The van der Waals surface area contributed by atoms with Crippen molar-refractivity contribution in [2.24, 2.45) is 0 Å². The zero-order chi connectivity index (χ0) is 15.6. The van der Waals surface area contributed by atoms with E-state index in [-0.39, 0.29) is 11.4 Å². The van der Waals surface area contributed by atoms with Gasteiger partial charge in [-0.25, -0.2) is 17.5 Å². The summed E-state index contributed by atoms with van der Waals surface area (Å²) in [7, 11) is -3.66. The maximum atomic E-state index is 13.2. The van der Waals surface area contributed by atoms with E-state index in [1.165, 1.54) is 12.1 Å². The summed E-state index contributed by atoms with van der Waals surface area (Å²) in [6.45, 7) is 5.74. The molecule has 2 aromatic rings. The van der Waals surface area contributed by atoms with Gasteiger partial charge in [0, 0.05) is 12.7 Å². The van der Waals surface area contributed by atoms with Gasteiger partial charge in [0.05, 0.1) is 17.6 Å². The van der Waals surface area contributed by atoms with E-state index in [0.717, 1.165) is 5.56 Å². The number of nitrogens with zero attached hydrogens (tertiary/aromatic N) is 2. The highest BCUT2D eigenvalue weighted by atomic mass is 32.2. The third-order valence-electron chi connectivity index (χ3n) is 3.09. The maximum Gasteiger partial charge on any atom is 0.241 e. The summed E-state index contributed by atoms with van der Waals surface area (Å²) < 4.78 is 42.1. The molecular formula is C14H18FN3O2S. The second-order valence-corrected chi connectivity index (χ2v) is 6.75. The number of aryl methyl sites for hydroxylation is 3. The monoisotopic (exact) mass is 311 g/mol. The van der Waals surface area contributed by atoms with Gasteiger partial charge < -0.3 is 0 Å². The molecule has 0 fully saturated rings. The molecule has 0 saturated heterocycles. The Labute approximate surface area is 123 Å². The molecule has 1 aromatic heterocycles. The van der Waals surface area contributed by atoms with Gasteiger partial charge in [-0.1, -0.05) is 0 Å². The zero-order valence-electron chi connectivity index (χ0n) is 12.2. The minimum Gasteiger partial charge on any atom is -0.271 e. The van der Waals surface area contributed by atoms with E-state index in [2.05, 4.69) is 9.82 Å². The Bertz CT molecular complexity index is 730. The Kier molecular flexibility index (Phi) is 4.43. The second-order valence-electron chi connectivity index (χ2n) is 5.05. The van der Waals surface area contributed by atoms with Gasteiger partial charge in [0.15, 0.2) is 0 Å². The van der Waals surface area contributed by atoms with Crippen molar-refractivity contribution in [3.63, 3.8) is 0 Å². The molecule has 0 aliphatic heterocycles. The third-order valence-corrected chi connectivity index (χ3v) is 4.85. The number of rotatable bonds is 5. The maximum absolute atomic E-state index is 13.2. The van der Waals surface area contributed by atoms with Crippen molar-refractivity contribution in [2.45, 2.75) is 32.2 Å². The van der Waals surface area contributed by atoms with Gasteiger partial charge in [-0.3, -0.25) is 4.68 Å². The molecule has 5 nitrogen and oxygen atoms in total. The summed E-state index contributed by atoms with van der Waals surface area (Å²) in [5, 5.41) is 4.09. The van der Waals surface area contributed by atoms with Gasteiger partial charge in [-0.05, 0) is 49.6 Å². The molecule has 2 rings (SSSR count). The molecule has 1 heterocycles. The summed E-state index contributed by atoms with van der Waals surface area (Å²) in [5.74, 6) is -0.434. The lowest BCUT2D eigenvalue weighted by Gasteiger charge is -2.12. The third kappa shape index (κ3) is 3.68. The van der Waals surface area contributed by atoms with Gasteiger partial charge in [-0.15, -0.1) is 0 Å². The first-order valence-electron chi connectivity index (χ1n) is 6.55. The molecule has 0 radical (unpaired) electrons. The van der Waals surface area contributed by atoms with Gasteiger partial charge >= 0.3 is 0 Å². The molecule has 0 saturated carbocycles. The summed E-state index contributed by atoms with van der Waals surface area (Å²) >= 11 is 0. The quantitative estimate of drug-likeness (QED) is 0.917. The van der Waals surface area contributed by atoms with Crippen LogP contribution < -0.4 is 4.72 Å². The van der Waals surface area contributed by atoms with Crippen LogP contribution in [0.3, 0.4) is 0 Å². The van der Waals surface area contributed by atoms with E-state index in [0.29, 0.717) is 17.7 Å². The van der Waals surface area contributed by atoms with Crippen molar-refractivity contribution >= 4 is 10.0 Å². The Morgan fingerprint density at radius 3 is 2.38 bits per heavy atom. The second kappa shape index (κ2) is 5.95. The van der Waals surface area contributed by atoms with Gasteiger partial charge in [0.25, 0.3) is 0 Å². The van der Waals surface area contributed by atoms with E-state index >= 15 is 0 Å². The number of halogens is 1. The molecule has 0 aliphatic rings. The summed E-state index contributed by atoms with van der Waals surface area (Å²) in [5.41, 5.74) is 1.81.